The van der Waals surface area contributed by atoms with Crippen LogP contribution in [0.3, 0.4) is 0 Å². The average molecular weight is 286 g/mol. The normalized spacial score (nSPS) is 24.2. The summed E-state index contributed by atoms with van der Waals surface area (Å²) in [5.41, 5.74) is 0. The topological polar surface area (TPSA) is 44.8 Å². The average Bonchev–Trinajstić information content (AvgIpc) is 2.89. The van der Waals surface area contributed by atoms with E-state index < -0.39 is 0 Å². The second kappa shape index (κ2) is 11.1. The Kier molecular flexibility index (Phi) is 9.67. The van der Waals surface area contributed by atoms with Crippen LogP contribution in [0.25, 0.3) is 0 Å². The standard InChI is InChI=1S/C7H12O2.C5H10O.C4H8O/c1-2-9-7(8)5-6-3-4-6;1-5-3-2-4-6-5;1-2-4-5-3-1/h6H,2-5H2,1H3;5H,2-4H2,1H3;1-4H2. The van der Waals surface area contributed by atoms with Crippen LogP contribution in [0, 0.1) is 5.92 Å². The van der Waals surface area contributed by atoms with E-state index in [2.05, 4.69) is 6.92 Å². The van der Waals surface area contributed by atoms with Crippen molar-refractivity contribution in [3.63, 3.8) is 0 Å². The van der Waals surface area contributed by atoms with Crippen LogP contribution in [0.2, 0.25) is 0 Å². The fourth-order valence-corrected chi connectivity index (χ4v) is 2.03. The molecular weight excluding hydrogens is 256 g/mol. The van der Waals surface area contributed by atoms with Gasteiger partial charge < -0.3 is 14.2 Å². The van der Waals surface area contributed by atoms with E-state index in [0.717, 1.165) is 19.8 Å². The maximum absolute atomic E-state index is 10.7. The molecule has 1 aliphatic carbocycles. The zero-order chi connectivity index (χ0) is 14.6. The van der Waals surface area contributed by atoms with Crippen LogP contribution in [-0.4, -0.2) is 38.5 Å². The summed E-state index contributed by atoms with van der Waals surface area (Å²) in [5, 5.41) is 0. The molecule has 3 rings (SSSR count). The minimum absolute atomic E-state index is 0.0278. The SMILES string of the molecule is C1CCOC1.CC1CCCO1.CCOC(=O)CC1CC1. The van der Waals surface area contributed by atoms with Crippen LogP contribution < -0.4 is 0 Å². The van der Waals surface area contributed by atoms with Gasteiger partial charge >= 0.3 is 5.97 Å². The monoisotopic (exact) mass is 286 g/mol. The van der Waals surface area contributed by atoms with Crippen LogP contribution in [0.15, 0.2) is 0 Å². The third-order valence-corrected chi connectivity index (χ3v) is 3.44. The first-order chi connectivity index (χ1) is 9.72. The Morgan fingerprint density at radius 2 is 1.80 bits per heavy atom. The van der Waals surface area contributed by atoms with Crippen LogP contribution in [0.1, 0.15) is 58.8 Å². The van der Waals surface area contributed by atoms with E-state index >= 15 is 0 Å². The highest BCUT2D eigenvalue weighted by Crippen LogP contribution is 2.32. The molecular formula is C16H30O4. The number of esters is 1. The van der Waals surface area contributed by atoms with E-state index in [0.29, 0.717) is 25.0 Å². The van der Waals surface area contributed by atoms with Gasteiger partial charge in [-0.1, -0.05) is 0 Å². The summed E-state index contributed by atoms with van der Waals surface area (Å²) in [6.45, 7) is 7.46. The summed E-state index contributed by atoms with van der Waals surface area (Å²) in [7, 11) is 0. The largest absolute Gasteiger partial charge is 0.466 e. The molecule has 0 aromatic carbocycles. The Hall–Kier alpha value is -0.610. The van der Waals surface area contributed by atoms with Crippen LogP contribution in [0.5, 0.6) is 0 Å². The molecule has 2 heterocycles. The number of hydrogen-bond acceptors (Lipinski definition) is 4. The number of carbonyl (C=O) groups excluding carboxylic acids is 1. The van der Waals surface area contributed by atoms with Gasteiger partial charge in [0.15, 0.2) is 0 Å². The fraction of sp³-hybridized carbons (Fsp3) is 0.938. The van der Waals surface area contributed by atoms with Gasteiger partial charge in [-0.3, -0.25) is 4.79 Å². The predicted molar refractivity (Wildman–Crippen MR) is 78.7 cm³/mol. The van der Waals surface area contributed by atoms with E-state index in [-0.39, 0.29) is 5.97 Å². The first-order valence-corrected chi connectivity index (χ1v) is 8.07. The van der Waals surface area contributed by atoms with Crippen molar-refractivity contribution in [1.82, 2.24) is 0 Å². The van der Waals surface area contributed by atoms with Gasteiger partial charge in [-0.15, -0.1) is 0 Å². The molecule has 1 atom stereocenters. The zero-order valence-electron chi connectivity index (χ0n) is 13.1. The summed E-state index contributed by atoms with van der Waals surface area (Å²) < 4.78 is 14.9. The van der Waals surface area contributed by atoms with Gasteiger partial charge in [0.05, 0.1) is 12.7 Å². The zero-order valence-corrected chi connectivity index (χ0v) is 13.1. The molecule has 1 unspecified atom stereocenters. The molecule has 0 bridgehead atoms. The molecule has 4 nitrogen and oxygen atoms in total. The van der Waals surface area contributed by atoms with Gasteiger partial charge in [-0.25, -0.2) is 0 Å². The molecule has 0 radical (unpaired) electrons. The van der Waals surface area contributed by atoms with Crippen LogP contribution in [0.4, 0.5) is 0 Å². The third kappa shape index (κ3) is 10.2. The second-order valence-corrected chi connectivity index (χ2v) is 5.60. The van der Waals surface area contributed by atoms with E-state index in [1.54, 1.807) is 0 Å². The summed E-state index contributed by atoms with van der Waals surface area (Å²) in [6.07, 6.45) is 8.72. The molecule has 3 fully saturated rings. The molecule has 0 amide bonds. The highest BCUT2D eigenvalue weighted by Gasteiger charge is 2.24. The van der Waals surface area contributed by atoms with E-state index in [4.69, 9.17) is 14.2 Å². The van der Waals surface area contributed by atoms with Crippen molar-refractivity contribution >= 4 is 5.97 Å². The number of ether oxygens (including phenoxy) is 3. The van der Waals surface area contributed by atoms with Crippen molar-refractivity contribution < 1.29 is 19.0 Å². The van der Waals surface area contributed by atoms with Gasteiger partial charge in [-0.2, -0.15) is 0 Å². The summed E-state index contributed by atoms with van der Waals surface area (Å²) in [6, 6.07) is 0. The quantitative estimate of drug-likeness (QED) is 0.746. The van der Waals surface area contributed by atoms with Gasteiger partial charge in [0.2, 0.25) is 0 Å². The second-order valence-electron chi connectivity index (χ2n) is 5.60. The van der Waals surface area contributed by atoms with E-state index in [1.807, 2.05) is 6.92 Å². The van der Waals surface area contributed by atoms with E-state index in [9.17, 15) is 4.79 Å². The molecule has 0 aromatic heterocycles. The van der Waals surface area contributed by atoms with E-state index in [1.165, 1.54) is 38.5 Å². The van der Waals surface area contributed by atoms with Crippen molar-refractivity contribution in [2.24, 2.45) is 5.92 Å². The molecule has 4 heteroatoms. The fourth-order valence-electron chi connectivity index (χ4n) is 2.03. The van der Waals surface area contributed by atoms with Crippen molar-refractivity contribution in [3.05, 3.63) is 0 Å². The molecule has 0 N–H and O–H groups in total. The molecule has 20 heavy (non-hydrogen) atoms. The number of carbonyl (C=O) groups is 1. The van der Waals surface area contributed by atoms with Crippen molar-refractivity contribution in [1.29, 1.82) is 0 Å². The van der Waals surface area contributed by atoms with Gasteiger partial charge in [0.1, 0.15) is 0 Å². The number of hydrogen-bond donors (Lipinski definition) is 0. The molecule has 0 aromatic rings. The lowest BCUT2D eigenvalue weighted by Crippen LogP contribution is -2.03. The smallest absolute Gasteiger partial charge is 0.306 e. The third-order valence-electron chi connectivity index (χ3n) is 3.44. The Labute approximate surface area is 123 Å². The molecule has 0 spiro atoms. The van der Waals surface area contributed by atoms with Crippen molar-refractivity contribution in [3.8, 4) is 0 Å². The van der Waals surface area contributed by atoms with Crippen molar-refractivity contribution in [2.75, 3.05) is 26.4 Å². The maximum Gasteiger partial charge on any atom is 0.306 e. The lowest BCUT2D eigenvalue weighted by atomic mass is 10.3. The summed E-state index contributed by atoms with van der Waals surface area (Å²) in [4.78, 5) is 10.7. The minimum atomic E-state index is -0.0278. The van der Waals surface area contributed by atoms with Gasteiger partial charge in [0.25, 0.3) is 0 Å². The molecule has 2 saturated heterocycles. The molecule has 1 saturated carbocycles. The first kappa shape index (κ1) is 17.4. The molecule has 118 valence electrons. The summed E-state index contributed by atoms with van der Waals surface area (Å²) in [5.74, 6) is 0.629. The van der Waals surface area contributed by atoms with Crippen LogP contribution in [-0.2, 0) is 19.0 Å². The Morgan fingerprint density at radius 3 is 2.10 bits per heavy atom. The Bertz CT molecular complexity index is 233. The lowest BCUT2D eigenvalue weighted by Gasteiger charge is -1.97. The molecule has 3 aliphatic rings. The minimum Gasteiger partial charge on any atom is -0.466 e. The Balaban J connectivity index is 0.000000158. The maximum atomic E-state index is 10.7. The summed E-state index contributed by atoms with van der Waals surface area (Å²) >= 11 is 0. The highest BCUT2D eigenvalue weighted by molar-refractivity contribution is 5.69. The van der Waals surface area contributed by atoms with Crippen LogP contribution >= 0.6 is 0 Å². The molecule has 2 aliphatic heterocycles. The lowest BCUT2D eigenvalue weighted by molar-refractivity contribution is -0.143. The number of rotatable bonds is 3. The first-order valence-electron chi connectivity index (χ1n) is 8.07. The van der Waals surface area contributed by atoms with Crippen molar-refractivity contribution in [2.45, 2.75) is 64.9 Å². The van der Waals surface area contributed by atoms with Gasteiger partial charge in [0, 0.05) is 26.2 Å². The Morgan fingerprint density at radius 1 is 1.10 bits per heavy atom. The highest BCUT2D eigenvalue weighted by atomic mass is 16.5. The predicted octanol–water partition coefficient (Wildman–Crippen LogP) is 3.33. The van der Waals surface area contributed by atoms with Gasteiger partial charge in [-0.05, 0) is 58.3 Å².